The fourth-order valence-electron chi connectivity index (χ4n) is 5.23. The van der Waals surface area contributed by atoms with Gasteiger partial charge in [0.25, 0.3) is 0 Å². The quantitative estimate of drug-likeness (QED) is 0.358. The Morgan fingerprint density at radius 1 is 1.25 bits per heavy atom. The molecule has 2 fully saturated rings. The number of esters is 1. The number of fused-ring (bicyclic) bond motifs is 2. The van der Waals surface area contributed by atoms with E-state index in [0.717, 1.165) is 26.4 Å². The van der Waals surface area contributed by atoms with Crippen molar-refractivity contribution < 1.29 is 29.0 Å². The molecule has 0 radical (unpaired) electrons. The second kappa shape index (κ2) is 7.35. The number of nitrogens with two attached hydrogens (primary N) is 1. The van der Waals surface area contributed by atoms with Crippen LogP contribution < -0.4 is 16.4 Å². The molecule has 0 aromatic heterocycles. The van der Waals surface area contributed by atoms with Gasteiger partial charge in [0.05, 0.1) is 19.6 Å². The molecule has 2 aliphatic carbocycles. The molecule has 0 aromatic carbocycles. The number of rotatable bonds is 7. The Morgan fingerprint density at radius 3 is 2.32 bits per heavy atom. The van der Waals surface area contributed by atoms with Crippen molar-refractivity contribution >= 4 is 23.8 Å². The maximum absolute atomic E-state index is 13.2. The van der Waals surface area contributed by atoms with Crippen molar-refractivity contribution in [2.24, 2.45) is 28.4 Å². The standard InChI is InChI=1S/C19H31N3O6/c1-17(2)10-6-7-18(3,9-10)13(17)15(26)22-19(4,16(27)28-5)21-14(25)11(20)8-12(23)24/h10-11,13H,6-9,20H2,1-5H3,(H,21,25)(H,22,26)(H,23,24)/t10?,11-,13?,18?,19?/m0/s1. The zero-order valence-corrected chi connectivity index (χ0v) is 17.1. The van der Waals surface area contributed by atoms with Crippen LogP contribution >= 0.6 is 0 Å². The van der Waals surface area contributed by atoms with Crippen LogP contribution in [0.3, 0.4) is 0 Å². The number of carboxylic acid groups (broad SMARTS) is 1. The van der Waals surface area contributed by atoms with Gasteiger partial charge in [-0.3, -0.25) is 14.4 Å². The van der Waals surface area contributed by atoms with Gasteiger partial charge in [0, 0.05) is 5.92 Å². The Balaban J connectivity index is 2.22. The summed E-state index contributed by atoms with van der Waals surface area (Å²) in [6.45, 7) is 7.51. The number of carbonyl (C=O) groups excluding carboxylic acids is 3. The zero-order chi connectivity index (χ0) is 21.5. The average Bonchev–Trinajstić information content (AvgIpc) is 3.03. The summed E-state index contributed by atoms with van der Waals surface area (Å²) in [4.78, 5) is 48.6. The first kappa shape index (κ1) is 22.1. The molecule has 2 amide bonds. The predicted octanol–water partition coefficient (Wildman–Crippen LogP) is 0.372. The van der Waals surface area contributed by atoms with Crippen molar-refractivity contribution in [3.05, 3.63) is 0 Å². The van der Waals surface area contributed by atoms with Gasteiger partial charge >= 0.3 is 11.9 Å². The molecule has 0 aliphatic heterocycles. The van der Waals surface area contributed by atoms with Crippen LogP contribution in [0.1, 0.15) is 53.4 Å². The van der Waals surface area contributed by atoms with Crippen molar-refractivity contribution in [2.75, 3.05) is 7.11 Å². The summed E-state index contributed by atoms with van der Waals surface area (Å²) in [5, 5.41) is 13.8. The fraction of sp³-hybridized carbons (Fsp3) is 0.789. The topological polar surface area (TPSA) is 148 Å². The molecule has 2 saturated carbocycles. The number of aliphatic carboxylic acids is 1. The Kier molecular flexibility index (Phi) is 5.81. The smallest absolute Gasteiger partial charge is 0.352 e. The summed E-state index contributed by atoms with van der Waals surface area (Å²) in [6, 6.07) is -1.37. The van der Waals surface area contributed by atoms with Crippen LogP contribution in [0.2, 0.25) is 0 Å². The predicted molar refractivity (Wildman–Crippen MR) is 99.7 cm³/mol. The van der Waals surface area contributed by atoms with Crippen molar-refractivity contribution in [3.8, 4) is 0 Å². The van der Waals surface area contributed by atoms with E-state index in [9.17, 15) is 19.2 Å². The van der Waals surface area contributed by atoms with Gasteiger partial charge in [0.1, 0.15) is 0 Å². The Morgan fingerprint density at radius 2 is 1.86 bits per heavy atom. The molecule has 2 bridgehead atoms. The van der Waals surface area contributed by atoms with Crippen LogP contribution in [0, 0.1) is 22.7 Å². The van der Waals surface area contributed by atoms with E-state index in [1.54, 1.807) is 0 Å². The van der Waals surface area contributed by atoms with Crippen LogP contribution in [0.5, 0.6) is 0 Å². The van der Waals surface area contributed by atoms with Crippen LogP contribution in [0.25, 0.3) is 0 Å². The van der Waals surface area contributed by atoms with E-state index in [1.807, 2.05) is 0 Å². The summed E-state index contributed by atoms with van der Waals surface area (Å²) in [5.41, 5.74) is 3.32. The molecular formula is C19H31N3O6. The van der Waals surface area contributed by atoms with E-state index in [1.165, 1.54) is 6.92 Å². The number of methoxy groups -OCH3 is 1. The number of carboxylic acids is 1. The summed E-state index contributed by atoms with van der Waals surface area (Å²) >= 11 is 0. The van der Waals surface area contributed by atoms with Gasteiger partial charge in [-0.25, -0.2) is 4.79 Å². The van der Waals surface area contributed by atoms with Crippen LogP contribution in [-0.2, 0) is 23.9 Å². The number of amides is 2. The van der Waals surface area contributed by atoms with Crippen molar-refractivity contribution in [3.63, 3.8) is 0 Å². The minimum atomic E-state index is -1.85. The third kappa shape index (κ3) is 3.85. The molecule has 4 unspecified atom stereocenters. The number of nitrogens with one attached hydrogen (secondary N) is 2. The summed E-state index contributed by atoms with van der Waals surface area (Å²) in [5.74, 6) is -3.22. The SMILES string of the molecule is COC(=O)C(C)(NC(=O)C1C2(C)CCC(C2)C1(C)C)NC(=O)[C@@H](N)CC(=O)O. The molecule has 2 rings (SSSR count). The number of hydrogen-bond acceptors (Lipinski definition) is 6. The first-order chi connectivity index (χ1) is 12.8. The largest absolute Gasteiger partial charge is 0.481 e. The summed E-state index contributed by atoms with van der Waals surface area (Å²) in [6.07, 6.45) is 2.35. The van der Waals surface area contributed by atoms with Crippen molar-refractivity contribution in [1.82, 2.24) is 10.6 Å². The lowest BCUT2D eigenvalue weighted by molar-refractivity contribution is -0.156. The molecule has 28 heavy (non-hydrogen) atoms. The molecule has 9 heteroatoms. The zero-order valence-electron chi connectivity index (χ0n) is 17.1. The van der Waals surface area contributed by atoms with E-state index in [2.05, 4.69) is 31.4 Å². The third-order valence-corrected chi connectivity index (χ3v) is 6.60. The molecule has 0 heterocycles. The highest BCUT2D eigenvalue weighted by molar-refractivity contribution is 5.95. The minimum absolute atomic E-state index is 0.168. The van der Waals surface area contributed by atoms with Gasteiger partial charge in [-0.05, 0) is 42.9 Å². The summed E-state index contributed by atoms with van der Waals surface area (Å²) in [7, 11) is 1.14. The van der Waals surface area contributed by atoms with Gasteiger partial charge in [0.15, 0.2) is 0 Å². The maximum atomic E-state index is 13.2. The monoisotopic (exact) mass is 397 g/mol. The molecule has 0 spiro atoms. The Hall–Kier alpha value is -2.16. The van der Waals surface area contributed by atoms with Gasteiger partial charge in [0.2, 0.25) is 17.5 Å². The lowest BCUT2D eigenvalue weighted by atomic mass is 9.63. The summed E-state index contributed by atoms with van der Waals surface area (Å²) < 4.78 is 4.75. The fourth-order valence-corrected chi connectivity index (χ4v) is 5.23. The lowest BCUT2D eigenvalue weighted by Gasteiger charge is -2.43. The van der Waals surface area contributed by atoms with Crippen molar-refractivity contribution in [1.29, 1.82) is 0 Å². The molecule has 5 atom stereocenters. The highest BCUT2D eigenvalue weighted by Gasteiger charge is 2.62. The molecule has 0 aromatic rings. The highest BCUT2D eigenvalue weighted by atomic mass is 16.5. The van der Waals surface area contributed by atoms with Gasteiger partial charge in [-0.15, -0.1) is 0 Å². The van der Waals surface area contributed by atoms with E-state index < -0.39 is 36.0 Å². The van der Waals surface area contributed by atoms with Crippen LogP contribution in [0.15, 0.2) is 0 Å². The molecule has 2 aliphatic rings. The van der Waals surface area contributed by atoms with Crippen LogP contribution in [0.4, 0.5) is 0 Å². The number of ether oxygens (including phenoxy) is 1. The van der Waals surface area contributed by atoms with E-state index in [4.69, 9.17) is 15.6 Å². The average molecular weight is 397 g/mol. The molecule has 9 nitrogen and oxygen atoms in total. The van der Waals surface area contributed by atoms with E-state index in [-0.39, 0.29) is 22.7 Å². The number of carbonyl (C=O) groups is 4. The second-order valence-electron chi connectivity index (χ2n) is 9.15. The van der Waals surface area contributed by atoms with E-state index in [0.29, 0.717) is 5.92 Å². The Labute approximate surface area is 164 Å². The molecule has 0 saturated heterocycles. The maximum Gasteiger partial charge on any atom is 0.352 e. The normalized spacial score (nSPS) is 30.8. The van der Waals surface area contributed by atoms with Crippen LogP contribution in [-0.4, -0.2) is 47.7 Å². The first-order valence-corrected chi connectivity index (χ1v) is 9.46. The lowest BCUT2D eigenvalue weighted by Crippen LogP contribution is -2.67. The highest BCUT2D eigenvalue weighted by Crippen LogP contribution is 2.66. The third-order valence-electron chi connectivity index (χ3n) is 6.60. The van der Waals surface area contributed by atoms with Gasteiger partial charge < -0.3 is 26.2 Å². The minimum Gasteiger partial charge on any atom is -0.481 e. The van der Waals surface area contributed by atoms with Gasteiger partial charge in [-0.2, -0.15) is 0 Å². The van der Waals surface area contributed by atoms with E-state index >= 15 is 0 Å². The Bertz CT molecular complexity index is 688. The molecular weight excluding hydrogens is 366 g/mol. The second-order valence-corrected chi connectivity index (χ2v) is 9.15. The number of hydrogen-bond donors (Lipinski definition) is 4. The first-order valence-electron chi connectivity index (χ1n) is 9.46. The van der Waals surface area contributed by atoms with Crippen molar-refractivity contribution in [2.45, 2.75) is 65.1 Å². The van der Waals surface area contributed by atoms with Gasteiger partial charge in [-0.1, -0.05) is 20.8 Å². The molecule has 5 N–H and O–H groups in total. The molecule has 158 valence electrons.